The third kappa shape index (κ3) is 29.3. The molecule has 0 bridgehead atoms. The molecule has 0 fully saturated rings. The van der Waals surface area contributed by atoms with Crippen LogP contribution in [0.3, 0.4) is 0 Å². The van der Waals surface area contributed by atoms with Crippen molar-refractivity contribution in [2.45, 2.75) is 52.4 Å². The Balaban J connectivity index is -0.000000411. The van der Waals surface area contributed by atoms with Gasteiger partial charge in [0.2, 0.25) is 0 Å². The van der Waals surface area contributed by atoms with Crippen molar-refractivity contribution in [3.63, 3.8) is 0 Å². The molecular weight excluding hydrogens is 457 g/mol. The summed E-state index contributed by atoms with van der Waals surface area (Å²) < 4.78 is 9.36. The van der Waals surface area contributed by atoms with Gasteiger partial charge in [-0.15, -0.1) is 0 Å². The van der Waals surface area contributed by atoms with Crippen molar-refractivity contribution >= 4 is 23.9 Å². The normalized spacial score (nSPS) is 9.85. The molecule has 0 atom stereocenters. The maximum Gasteiger partial charge on any atom is 2.00 e. The number of ether oxygens (including phenoxy) is 2. The van der Waals surface area contributed by atoms with E-state index in [1.54, 1.807) is 0 Å². The molecule has 0 unspecified atom stereocenters. The summed E-state index contributed by atoms with van der Waals surface area (Å²) in [6.45, 7) is 4.75. The zero-order chi connectivity index (χ0) is 20.2. The summed E-state index contributed by atoms with van der Waals surface area (Å²) >= 11 is 0. The first-order valence-electron chi connectivity index (χ1n) is 8.45. The molecule has 0 heterocycles. The van der Waals surface area contributed by atoms with Crippen molar-refractivity contribution in [2.75, 3.05) is 13.2 Å². The number of carboxylic acid groups (broad SMARTS) is 2. The molecule has 0 radical (unpaired) electrons. The molecule has 0 amide bonds. The predicted molar refractivity (Wildman–Crippen MR) is 89.3 cm³/mol. The Kier molecular flexibility index (Phi) is 24.8. The second-order valence-corrected chi connectivity index (χ2v) is 5.05. The van der Waals surface area contributed by atoms with Crippen LogP contribution in [-0.2, 0) is 56.0 Å². The Morgan fingerprint density at radius 3 is 1.26 bits per heavy atom. The van der Waals surface area contributed by atoms with Crippen molar-refractivity contribution in [2.24, 2.45) is 0 Å². The van der Waals surface area contributed by atoms with Gasteiger partial charge in [-0.05, 0) is 25.0 Å². The number of unbranched alkanes of at least 4 members (excludes halogenated alkanes) is 4. The van der Waals surface area contributed by atoms with Crippen LogP contribution >= 0.6 is 0 Å². The zero-order valence-corrected chi connectivity index (χ0v) is 20.0. The van der Waals surface area contributed by atoms with Gasteiger partial charge in [-0.1, -0.05) is 39.5 Å². The Hall–Kier alpha value is -1.72. The summed E-state index contributed by atoms with van der Waals surface area (Å²) in [6.07, 6.45) is 8.71. The van der Waals surface area contributed by atoms with Crippen LogP contribution in [0, 0.1) is 0 Å². The number of carboxylic acids is 2. The van der Waals surface area contributed by atoms with Gasteiger partial charge >= 0.3 is 39.2 Å². The number of esters is 2. The van der Waals surface area contributed by atoms with E-state index in [0.717, 1.165) is 50.7 Å². The number of aliphatic carboxylic acids is 2. The van der Waals surface area contributed by atoms with E-state index in [2.05, 4.69) is 9.47 Å². The van der Waals surface area contributed by atoms with Gasteiger partial charge in [0, 0.05) is 12.2 Å². The van der Waals surface area contributed by atoms with E-state index in [9.17, 15) is 29.4 Å². The van der Waals surface area contributed by atoms with Gasteiger partial charge < -0.3 is 29.3 Å². The summed E-state index contributed by atoms with van der Waals surface area (Å²) in [5.74, 6) is -4.07. The van der Waals surface area contributed by atoms with E-state index in [1.807, 2.05) is 13.8 Å². The Morgan fingerprint density at radius 1 is 0.667 bits per heavy atom. The minimum Gasteiger partial charge on any atom is -0.545 e. The van der Waals surface area contributed by atoms with Gasteiger partial charge in [0.05, 0.1) is 25.2 Å². The van der Waals surface area contributed by atoms with Crippen molar-refractivity contribution in [1.82, 2.24) is 0 Å². The summed E-state index contributed by atoms with van der Waals surface area (Å²) in [5.41, 5.74) is 0. The van der Waals surface area contributed by atoms with Crippen LogP contribution in [-0.4, -0.2) is 37.1 Å². The Morgan fingerprint density at radius 2 is 1.00 bits per heavy atom. The van der Waals surface area contributed by atoms with Crippen molar-refractivity contribution < 1.29 is 66.2 Å². The fourth-order valence-electron chi connectivity index (χ4n) is 1.42. The maximum atomic E-state index is 10.7. The fourth-order valence-corrected chi connectivity index (χ4v) is 1.42. The van der Waals surface area contributed by atoms with Crippen LogP contribution in [0.1, 0.15) is 52.4 Å². The summed E-state index contributed by atoms with van der Waals surface area (Å²) in [6, 6.07) is 0. The third-order valence-corrected chi connectivity index (χ3v) is 2.70. The van der Waals surface area contributed by atoms with Crippen molar-refractivity contribution in [3.05, 3.63) is 24.3 Å². The van der Waals surface area contributed by atoms with E-state index in [4.69, 9.17) is 0 Å². The van der Waals surface area contributed by atoms with Crippen molar-refractivity contribution in [3.8, 4) is 0 Å². The first-order chi connectivity index (χ1) is 12.3. The smallest absolute Gasteiger partial charge is 0.545 e. The number of hydrogen-bond acceptors (Lipinski definition) is 8. The van der Waals surface area contributed by atoms with Crippen LogP contribution in [0.2, 0.25) is 0 Å². The number of hydrogen-bond donors (Lipinski definition) is 0. The molecule has 0 aliphatic carbocycles. The summed E-state index contributed by atoms with van der Waals surface area (Å²) in [7, 11) is 0. The van der Waals surface area contributed by atoms with E-state index in [0.29, 0.717) is 25.4 Å². The quantitative estimate of drug-likeness (QED) is 0.165. The summed E-state index contributed by atoms with van der Waals surface area (Å²) in [4.78, 5) is 41.2. The first-order valence-corrected chi connectivity index (χ1v) is 8.45. The minimum atomic E-state index is -1.40. The average Bonchev–Trinajstić information content (AvgIpc) is 2.59. The molecule has 0 saturated heterocycles. The Labute approximate surface area is 179 Å². The second kappa shape index (κ2) is 22.3. The molecule has 0 N–H and O–H groups in total. The maximum absolute atomic E-state index is 10.7. The second-order valence-electron chi connectivity index (χ2n) is 5.05. The molecule has 0 aromatic heterocycles. The molecule has 0 aliphatic heterocycles. The fraction of sp³-hybridized carbons (Fsp3) is 0.556. The van der Waals surface area contributed by atoms with Crippen LogP contribution in [0.15, 0.2) is 24.3 Å². The molecule has 0 saturated carbocycles. The first kappa shape index (κ1) is 30.0. The van der Waals surface area contributed by atoms with Crippen LogP contribution in [0.25, 0.3) is 0 Å². The molecule has 8 nitrogen and oxygen atoms in total. The average molecular weight is 483 g/mol. The van der Waals surface area contributed by atoms with E-state index >= 15 is 0 Å². The van der Waals surface area contributed by atoms with Crippen molar-refractivity contribution in [1.29, 1.82) is 0 Å². The SMILES string of the molecule is CCCCCOC(=O)/C=C\C(=O)[O-].CCCCCOC(=O)/C=C\C(=O)[O-].[Cd+2]. The van der Waals surface area contributed by atoms with E-state index in [1.165, 1.54) is 0 Å². The van der Waals surface area contributed by atoms with Crippen LogP contribution < -0.4 is 10.2 Å². The van der Waals surface area contributed by atoms with Gasteiger partial charge in [-0.3, -0.25) is 0 Å². The van der Waals surface area contributed by atoms with Crippen LogP contribution in [0.5, 0.6) is 0 Å². The predicted octanol–water partition coefficient (Wildman–Crippen LogP) is 0.0493. The molecule has 0 aromatic rings. The Bertz CT molecular complexity index is 442. The van der Waals surface area contributed by atoms with E-state index in [-0.39, 0.29) is 27.3 Å². The standard InChI is InChI=1S/2C9H14O4.Cd/c2*1-2-3-4-7-13-9(12)6-5-8(10)11;/h2*5-6H,2-4,7H2,1H3,(H,10,11);/q;;+2/p-2/b2*6-5-;. The van der Waals surface area contributed by atoms with E-state index < -0.39 is 23.9 Å². The molecule has 27 heavy (non-hydrogen) atoms. The molecule has 9 heteroatoms. The molecule has 0 rings (SSSR count). The number of carbonyl (C=O) groups excluding carboxylic acids is 4. The van der Waals surface area contributed by atoms with Gasteiger partial charge in [0.25, 0.3) is 0 Å². The molecule has 148 valence electrons. The third-order valence-electron chi connectivity index (χ3n) is 2.70. The largest absolute Gasteiger partial charge is 2.00 e. The van der Waals surface area contributed by atoms with Gasteiger partial charge in [-0.2, -0.15) is 0 Å². The monoisotopic (exact) mass is 484 g/mol. The zero-order valence-electron chi connectivity index (χ0n) is 15.9. The topological polar surface area (TPSA) is 133 Å². The van der Waals surface area contributed by atoms with Gasteiger partial charge in [-0.25, -0.2) is 9.59 Å². The van der Waals surface area contributed by atoms with Gasteiger partial charge in [0.15, 0.2) is 0 Å². The van der Waals surface area contributed by atoms with Crippen LogP contribution in [0.4, 0.5) is 0 Å². The van der Waals surface area contributed by atoms with Gasteiger partial charge in [0.1, 0.15) is 0 Å². The number of rotatable bonds is 12. The molecule has 0 spiro atoms. The number of carbonyl (C=O) groups is 4. The molecule has 0 aromatic carbocycles. The molecule has 0 aliphatic rings. The minimum absolute atomic E-state index is 0. The summed E-state index contributed by atoms with van der Waals surface area (Å²) in [5, 5.41) is 19.7. The molecular formula is C18H26CdO8.